The second-order valence-electron chi connectivity index (χ2n) is 3.86. The molecule has 0 aromatic carbocycles. The van der Waals surface area contributed by atoms with Crippen molar-refractivity contribution in [3.05, 3.63) is 29.0 Å². The zero-order valence-corrected chi connectivity index (χ0v) is 9.71. The summed E-state index contributed by atoms with van der Waals surface area (Å²) in [4.78, 5) is 15.3. The summed E-state index contributed by atoms with van der Waals surface area (Å²) in [5, 5.41) is 3.29. The predicted molar refractivity (Wildman–Crippen MR) is 60.5 cm³/mol. The fourth-order valence-electron chi connectivity index (χ4n) is 1.15. The zero-order valence-electron chi connectivity index (χ0n) is 8.96. The van der Waals surface area contributed by atoms with Crippen LogP contribution in [0.15, 0.2) is 18.3 Å². The Morgan fingerprint density at radius 3 is 2.80 bits per heavy atom. The van der Waals surface area contributed by atoms with Crippen LogP contribution < -0.4 is 5.32 Å². The summed E-state index contributed by atoms with van der Waals surface area (Å²) in [5.41, 5.74) is 0.955. The van der Waals surface area contributed by atoms with Crippen molar-refractivity contribution in [3.8, 4) is 0 Å². The van der Waals surface area contributed by atoms with Crippen molar-refractivity contribution in [2.45, 2.75) is 26.8 Å². The Morgan fingerprint density at radius 1 is 1.53 bits per heavy atom. The molecule has 82 valence electrons. The molecule has 1 N–H and O–H groups in total. The van der Waals surface area contributed by atoms with Gasteiger partial charge < -0.3 is 5.32 Å². The first-order valence-corrected chi connectivity index (χ1v) is 5.33. The number of nitrogens with zero attached hydrogens (tertiary/aromatic N) is 1. The molecule has 0 saturated carbocycles. The van der Waals surface area contributed by atoms with E-state index < -0.39 is 0 Å². The van der Waals surface area contributed by atoms with Gasteiger partial charge in [0, 0.05) is 19.2 Å². The average Bonchev–Trinajstić information content (AvgIpc) is 2.16. The largest absolute Gasteiger partial charge is 0.352 e. The van der Waals surface area contributed by atoms with Crippen LogP contribution in [-0.2, 0) is 11.3 Å². The fourth-order valence-corrected chi connectivity index (χ4v) is 1.27. The standard InChI is InChI=1S/C11H15ClN2O/c1-8(2)5-11(15)14-7-9-3-4-10(12)13-6-9/h3-4,6,8H,5,7H2,1-2H3,(H,14,15). The van der Waals surface area contributed by atoms with Crippen LogP contribution in [0.3, 0.4) is 0 Å². The van der Waals surface area contributed by atoms with E-state index in [2.05, 4.69) is 10.3 Å². The average molecular weight is 227 g/mol. The molecule has 1 amide bonds. The highest BCUT2D eigenvalue weighted by Crippen LogP contribution is 2.05. The van der Waals surface area contributed by atoms with Gasteiger partial charge in [-0.1, -0.05) is 31.5 Å². The van der Waals surface area contributed by atoms with Crippen molar-refractivity contribution in [2.75, 3.05) is 0 Å². The highest BCUT2D eigenvalue weighted by atomic mass is 35.5. The molecule has 0 saturated heterocycles. The molecule has 0 radical (unpaired) electrons. The van der Waals surface area contributed by atoms with Crippen molar-refractivity contribution >= 4 is 17.5 Å². The van der Waals surface area contributed by atoms with E-state index >= 15 is 0 Å². The van der Waals surface area contributed by atoms with Gasteiger partial charge in [0.1, 0.15) is 5.15 Å². The number of amides is 1. The molecule has 0 fully saturated rings. The smallest absolute Gasteiger partial charge is 0.220 e. The number of halogens is 1. The number of carbonyl (C=O) groups is 1. The van der Waals surface area contributed by atoms with Crippen molar-refractivity contribution in [1.29, 1.82) is 0 Å². The summed E-state index contributed by atoms with van der Waals surface area (Å²) < 4.78 is 0. The van der Waals surface area contributed by atoms with E-state index in [0.29, 0.717) is 24.0 Å². The third-order valence-electron chi connectivity index (χ3n) is 1.87. The van der Waals surface area contributed by atoms with E-state index in [1.165, 1.54) is 0 Å². The minimum absolute atomic E-state index is 0.0694. The second-order valence-corrected chi connectivity index (χ2v) is 4.25. The molecule has 3 nitrogen and oxygen atoms in total. The lowest BCUT2D eigenvalue weighted by molar-refractivity contribution is -0.121. The molecule has 1 heterocycles. The Hall–Kier alpha value is -1.09. The molecule has 15 heavy (non-hydrogen) atoms. The van der Waals surface area contributed by atoms with E-state index in [0.717, 1.165) is 5.56 Å². The Bertz CT molecular complexity index is 322. The maximum Gasteiger partial charge on any atom is 0.220 e. The van der Waals surface area contributed by atoms with Crippen LogP contribution in [0.25, 0.3) is 0 Å². The van der Waals surface area contributed by atoms with E-state index in [1.54, 1.807) is 12.3 Å². The molecular weight excluding hydrogens is 212 g/mol. The van der Waals surface area contributed by atoms with Gasteiger partial charge in [0.25, 0.3) is 0 Å². The number of carbonyl (C=O) groups excluding carboxylic acids is 1. The van der Waals surface area contributed by atoms with Gasteiger partial charge in [-0.05, 0) is 17.5 Å². The predicted octanol–water partition coefficient (Wildman–Crippen LogP) is 2.40. The molecule has 4 heteroatoms. The molecule has 0 spiro atoms. The molecule has 0 atom stereocenters. The highest BCUT2D eigenvalue weighted by molar-refractivity contribution is 6.29. The molecule has 1 aromatic rings. The lowest BCUT2D eigenvalue weighted by Crippen LogP contribution is -2.23. The van der Waals surface area contributed by atoms with Crippen LogP contribution >= 0.6 is 11.6 Å². The first-order chi connectivity index (χ1) is 7.08. The molecule has 1 aromatic heterocycles. The third-order valence-corrected chi connectivity index (χ3v) is 2.10. The third kappa shape index (κ3) is 4.79. The fraction of sp³-hybridized carbons (Fsp3) is 0.455. The van der Waals surface area contributed by atoms with Crippen molar-refractivity contribution in [1.82, 2.24) is 10.3 Å². The minimum atomic E-state index is 0.0694. The zero-order chi connectivity index (χ0) is 11.3. The lowest BCUT2D eigenvalue weighted by Gasteiger charge is -2.06. The molecule has 0 aliphatic rings. The van der Waals surface area contributed by atoms with Crippen LogP contribution in [0.1, 0.15) is 25.8 Å². The Balaban J connectivity index is 2.37. The molecule has 0 bridgehead atoms. The molecular formula is C11H15ClN2O. The van der Waals surface area contributed by atoms with E-state index in [1.807, 2.05) is 19.9 Å². The van der Waals surface area contributed by atoms with Crippen LogP contribution in [0.4, 0.5) is 0 Å². The van der Waals surface area contributed by atoms with Crippen LogP contribution in [0, 0.1) is 5.92 Å². The van der Waals surface area contributed by atoms with Gasteiger partial charge in [0.2, 0.25) is 5.91 Å². The summed E-state index contributed by atoms with van der Waals surface area (Å²) in [6.45, 7) is 4.54. The van der Waals surface area contributed by atoms with Gasteiger partial charge in [-0.25, -0.2) is 4.98 Å². The topological polar surface area (TPSA) is 42.0 Å². The molecule has 0 aliphatic heterocycles. The van der Waals surface area contributed by atoms with E-state index in [-0.39, 0.29) is 5.91 Å². The maximum absolute atomic E-state index is 11.3. The van der Waals surface area contributed by atoms with Gasteiger partial charge in [0.15, 0.2) is 0 Å². The molecule has 0 aliphatic carbocycles. The number of rotatable bonds is 4. The number of pyridine rings is 1. The molecule has 0 unspecified atom stereocenters. The Morgan fingerprint density at radius 2 is 2.27 bits per heavy atom. The quantitative estimate of drug-likeness (QED) is 0.802. The van der Waals surface area contributed by atoms with Gasteiger partial charge in [-0.3, -0.25) is 4.79 Å². The summed E-state index contributed by atoms with van der Waals surface area (Å²) >= 11 is 5.64. The number of hydrogen-bond acceptors (Lipinski definition) is 2. The Labute approximate surface area is 94.9 Å². The van der Waals surface area contributed by atoms with Gasteiger partial charge in [-0.2, -0.15) is 0 Å². The van der Waals surface area contributed by atoms with Crippen LogP contribution in [0.5, 0.6) is 0 Å². The van der Waals surface area contributed by atoms with Gasteiger partial charge >= 0.3 is 0 Å². The van der Waals surface area contributed by atoms with Crippen molar-refractivity contribution < 1.29 is 4.79 Å². The first-order valence-electron chi connectivity index (χ1n) is 4.95. The minimum Gasteiger partial charge on any atom is -0.352 e. The van der Waals surface area contributed by atoms with Crippen molar-refractivity contribution in [3.63, 3.8) is 0 Å². The second kappa shape index (κ2) is 5.71. The maximum atomic E-state index is 11.3. The van der Waals surface area contributed by atoms with E-state index in [4.69, 9.17) is 11.6 Å². The van der Waals surface area contributed by atoms with Crippen LogP contribution in [0.2, 0.25) is 5.15 Å². The van der Waals surface area contributed by atoms with Gasteiger partial charge in [0.05, 0.1) is 0 Å². The normalized spacial score (nSPS) is 10.4. The number of aromatic nitrogens is 1. The van der Waals surface area contributed by atoms with Gasteiger partial charge in [-0.15, -0.1) is 0 Å². The summed E-state index contributed by atoms with van der Waals surface area (Å²) in [7, 11) is 0. The molecule has 1 rings (SSSR count). The summed E-state index contributed by atoms with van der Waals surface area (Å²) in [6.07, 6.45) is 2.22. The van der Waals surface area contributed by atoms with Crippen LogP contribution in [-0.4, -0.2) is 10.9 Å². The lowest BCUT2D eigenvalue weighted by atomic mass is 10.1. The number of hydrogen-bond donors (Lipinski definition) is 1. The SMILES string of the molecule is CC(C)CC(=O)NCc1ccc(Cl)nc1. The summed E-state index contributed by atoms with van der Waals surface area (Å²) in [6, 6.07) is 3.57. The van der Waals surface area contributed by atoms with E-state index in [9.17, 15) is 4.79 Å². The number of nitrogens with one attached hydrogen (secondary N) is 1. The summed E-state index contributed by atoms with van der Waals surface area (Å²) in [5.74, 6) is 0.452. The Kier molecular flexibility index (Phi) is 4.56. The first kappa shape index (κ1) is 12.0. The highest BCUT2D eigenvalue weighted by Gasteiger charge is 2.04. The monoisotopic (exact) mass is 226 g/mol. The van der Waals surface area contributed by atoms with Crippen molar-refractivity contribution in [2.24, 2.45) is 5.92 Å².